The van der Waals surface area contributed by atoms with Crippen molar-refractivity contribution >= 4 is 23.5 Å². The summed E-state index contributed by atoms with van der Waals surface area (Å²) in [6.07, 6.45) is 8.74. The second kappa shape index (κ2) is 8.32. The summed E-state index contributed by atoms with van der Waals surface area (Å²) in [5.74, 6) is 0. The molecule has 0 saturated carbocycles. The van der Waals surface area contributed by atoms with Gasteiger partial charge in [-0.2, -0.15) is 0 Å². The topological polar surface area (TPSA) is 17.1 Å². The summed E-state index contributed by atoms with van der Waals surface area (Å²) in [4.78, 5) is 11.1. The van der Waals surface area contributed by atoms with Crippen LogP contribution in [0.15, 0.2) is 120 Å². The van der Waals surface area contributed by atoms with E-state index in [0.717, 1.165) is 45.3 Å². The number of carbonyl (C=O) groups is 1. The molecule has 0 N–H and O–H groups in total. The standard InChI is InChI=1S/C27H20O/c28-18-10-17-25-26(22-13-6-2-7-14-22)20-24(19-21-11-4-1-5-12-21)27(25)23-15-8-3-9-16-23/h1-20H/b17-10-,24-19+. The lowest BCUT2D eigenvalue weighted by molar-refractivity contribution is -0.104. The summed E-state index contributed by atoms with van der Waals surface area (Å²) >= 11 is 0. The van der Waals surface area contributed by atoms with Crippen molar-refractivity contribution in [1.82, 2.24) is 0 Å². The van der Waals surface area contributed by atoms with Gasteiger partial charge in [-0.25, -0.2) is 0 Å². The molecule has 0 aliphatic heterocycles. The zero-order valence-electron chi connectivity index (χ0n) is 15.5. The first kappa shape index (κ1) is 17.7. The van der Waals surface area contributed by atoms with Crippen molar-refractivity contribution in [3.63, 3.8) is 0 Å². The van der Waals surface area contributed by atoms with Crippen LogP contribution in [0.4, 0.5) is 0 Å². The van der Waals surface area contributed by atoms with E-state index in [9.17, 15) is 4.79 Å². The van der Waals surface area contributed by atoms with E-state index in [2.05, 4.69) is 48.6 Å². The molecule has 0 atom stereocenters. The number of benzene rings is 3. The molecule has 0 heterocycles. The fourth-order valence-corrected chi connectivity index (χ4v) is 3.53. The molecule has 0 radical (unpaired) electrons. The molecule has 0 saturated heterocycles. The Bertz CT molecular complexity index is 1080. The van der Waals surface area contributed by atoms with Gasteiger partial charge in [0, 0.05) is 0 Å². The highest BCUT2D eigenvalue weighted by atomic mass is 16.1. The predicted molar refractivity (Wildman–Crippen MR) is 117 cm³/mol. The number of hydrogen-bond donors (Lipinski definition) is 0. The Kier molecular flexibility index (Phi) is 5.26. The van der Waals surface area contributed by atoms with Crippen molar-refractivity contribution in [2.45, 2.75) is 0 Å². The van der Waals surface area contributed by atoms with Crippen LogP contribution in [-0.2, 0) is 4.79 Å². The van der Waals surface area contributed by atoms with Gasteiger partial charge >= 0.3 is 0 Å². The lowest BCUT2D eigenvalue weighted by atomic mass is 9.93. The highest BCUT2D eigenvalue weighted by Gasteiger charge is 2.22. The quantitative estimate of drug-likeness (QED) is 0.381. The van der Waals surface area contributed by atoms with Crippen LogP contribution in [0.2, 0.25) is 0 Å². The van der Waals surface area contributed by atoms with Gasteiger partial charge in [0.1, 0.15) is 6.29 Å². The van der Waals surface area contributed by atoms with Crippen molar-refractivity contribution in [1.29, 1.82) is 0 Å². The molecule has 1 heteroatoms. The SMILES string of the molecule is O=C/C=C\C1=C(c2ccccc2)C(=C/c2ccccc2)/C=C1c1ccccc1. The Morgan fingerprint density at radius 1 is 0.643 bits per heavy atom. The van der Waals surface area contributed by atoms with Crippen molar-refractivity contribution in [2.75, 3.05) is 0 Å². The Labute approximate surface area is 165 Å². The van der Waals surface area contributed by atoms with E-state index in [-0.39, 0.29) is 0 Å². The summed E-state index contributed by atoms with van der Waals surface area (Å²) < 4.78 is 0. The van der Waals surface area contributed by atoms with Crippen LogP contribution < -0.4 is 0 Å². The lowest BCUT2D eigenvalue weighted by Gasteiger charge is -2.10. The van der Waals surface area contributed by atoms with Gasteiger partial charge in [-0.1, -0.05) is 97.1 Å². The third-order valence-corrected chi connectivity index (χ3v) is 4.76. The van der Waals surface area contributed by atoms with Crippen LogP contribution in [0.5, 0.6) is 0 Å². The van der Waals surface area contributed by atoms with Gasteiger partial charge in [-0.3, -0.25) is 4.79 Å². The maximum atomic E-state index is 11.1. The number of aldehydes is 1. The Morgan fingerprint density at radius 3 is 1.82 bits per heavy atom. The van der Waals surface area contributed by atoms with E-state index in [1.54, 1.807) is 6.08 Å². The van der Waals surface area contributed by atoms with Gasteiger partial charge in [-0.05, 0) is 57.2 Å². The number of carbonyl (C=O) groups excluding carboxylic acids is 1. The molecular weight excluding hydrogens is 340 g/mol. The molecule has 0 bridgehead atoms. The number of hydrogen-bond acceptors (Lipinski definition) is 1. The average Bonchev–Trinajstić information content (AvgIpc) is 3.12. The molecule has 0 unspecified atom stereocenters. The lowest BCUT2D eigenvalue weighted by Crippen LogP contribution is -1.90. The van der Waals surface area contributed by atoms with Crippen molar-refractivity contribution < 1.29 is 4.79 Å². The second-order valence-electron chi connectivity index (χ2n) is 6.58. The predicted octanol–water partition coefficient (Wildman–Crippen LogP) is 6.38. The van der Waals surface area contributed by atoms with E-state index in [1.807, 2.05) is 60.7 Å². The smallest absolute Gasteiger partial charge is 0.142 e. The highest BCUT2D eigenvalue weighted by molar-refractivity contribution is 6.07. The molecule has 3 aromatic rings. The van der Waals surface area contributed by atoms with Crippen LogP contribution in [0.25, 0.3) is 17.2 Å². The summed E-state index contributed by atoms with van der Waals surface area (Å²) in [6, 6.07) is 31.0. The van der Waals surface area contributed by atoms with E-state index < -0.39 is 0 Å². The first-order chi connectivity index (χ1) is 13.9. The Hall–Kier alpha value is -3.71. The largest absolute Gasteiger partial charge is 0.299 e. The number of rotatable bonds is 5. The maximum Gasteiger partial charge on any atom is 0.142 e. The normalized spacial score (nSPS) is 15.3. The monoisotopic (exact) mass is 360 g/mol. The van der Waals surface area contributed by atoms with Gasteiger partial charge in [0.25, 0.3) is 0 Å². The first-order valence-corrected chi connectivity index (χ1v) is 9.33. The van der Waals surface area contributed by atoms with Crippen molar-refractivity contribution in [3.8, 4) is 0 Å². The van der Waals surface area contributed by atoms with Gasteiger partial charge in [0.2, 0.25) is 0 Å². The summed E-state index contributed by atoms with van der Waals surface area (Å²) in [6.45, 7) is 0. The zero-order valence-corrected chi connectivity index (χ0v) is 15.5. The molecule has 28 heavy (non-hydrogen) atoms. The van der Waals surface area contributed by atoms with Crippen LogP contribution >= 0.6 is 0 Å². The highest BCUT2D eigenvalue weighted by Crippen LogP contribution is 2.43. The Balaban J connectivity index is 1.96. The second-order valence-corrected chi connectivity index (χ2v) is 6.58. The first-order valence-electron chi connectivity index (χ1n) is 9.33. The summed E-state index contributed by atoms with van der Waals surface area (Å²) in [7, 11) is 0. The van der Waals surface area contributed by atoms with E-state index in [4.69, 9.17) is 0 Å². The van der Waals surface area contributed by atoms with Crippen LogP contribution in [0.3, 0.4) is 0 Å². The minimum atomic E-state index is 0.830. The summed E-state index contributed by atoms with van der Waals surface area (Å²) in [5.41, 5.74) is 7.89. The van der Waals surface area contributed by atoms with Gasteiger partial charge in [-0.15, -0.1) is 0 Å². The molecule has 4 rings (SSSR count). The molecule has 0 spiro atoms. The van der Waals surface area contributed by atoms with Gasteiger partial charge < -0.3 is 0 Å². The minimum absolute atomic E-state index is 0.830. The minimum Gasteiger partial charge on any atom is -0.299 e. The fourth-order valence-electron chi connectivity index (χ4n) is 3.53. The third kappa shape index (κ3) is 3.70. The molecule has 1 nitrogen and oxygen atoms in total. The van der Waals surface area contributed by atoms with Gasteiger partial charge in [0.15, 0.2) is 0 Å². The van der Waals surface area contributed by atoms with E-state index in [0.29, 0.717) is 0 Å². The van der Waals surface area contributed by atoms with Crippen molar-refractivity contribution in [2.24, 2.45) is 0 Å². The van der Waals surface area contributed by atoms with Crippen LogP contribution in [0, 0.1) is 0 Å². The van der Waals surface area contributed by atoms with E-state index in [1.165, 1.54) is 0 Å². The maximum absolute atomic E-state index is 11.1. The molecule has 0 aromatic heterocycles. The molecule has 3 aromatic carbocycles. The van der Waals surface area contributed by atoms with Crippen molar-refractivity contribution in [3.05, 3.63) is 137 Å². The third-order valence-electron chi connectivity index (χ3n) is 4.76. The zero-order chi connectivity index (χ0) is 19.2. The van der Waals surface area contributed by atoms with Gasteiger partial charge in [0.05, 0.1) is 0 Å². The molecule has 0 fully saturated rings. The number of allylic oxidation sites excluding steroid dienone is 7. The average molecular weight is 360 g/mol. The van der Waals surface area contributed by atoms with Crippen LogP contribution in [0.1, 0.15) is 16.7 Å². The van der Waals surface area contributed by atoms with E-state index >= 15 is 0 Å². The molecule has 134 valence electrons. The molecular formula is C27H20O. The molecule has 1 aliphatic rings. The molecule has 1 aliphatic carbocycles. The van der Waals surface area contributed by atoms with Crippen LogP contribution in [-0.4, -0.2) is 6.29 Å². The Morgan fingerprint density at radius 2 is 1.21 bits per heavy atom. The fraction of sp³-hybridized carbons (Fsp3) is 0. The molecule has 0 amide bonds. The summed E-state index contributed by atoms with van der Waals surface area (Å²) in [5, 5.41) is 0.